The smallest absolute Gasteiger partial charge is 0.232 e. The maximum atomic E-state index is 11.2. The summed E-state index contributed by atoms with van der Waals surface area (Å²) in [6.07, 6.45) is 1.70. The Morgan fingerprint density at radius 2 is 2.00 bits per heavy atom. The fourth-order valence-corrected chi connectivity index (χ4v) is 3.34. The summed E-state index contributed by atoms with van der Waals surface area (Å²) in [6.45, 7) is 6.37. The van der Waals surface area contributed by atoms with Gasteiger partial charge in [0.15, 0.2) is 0 Å². The Bertz CT molecular complexity index is 511. The molecule has 1 unspecified atom stereocenters. The van der Waals surface area contributed by atoms with Gasteiger partial charge in [-0.3, -0.25) is 0 Å². The topological polar surface area (TPSA) is 43.4 Å². The third-order valence-corrected chi connectivity index (χ3v) is 4.20. The zero-order chi connectivity index (χ0) is 14.5. The number of halogens is 1. The first-order valence-corrected chi connectivity index (χ1v) is 8.92. The van der Waals surface area contributed by atoms with Crippen LogP contribution in [0.25, 0.3) is 0 Å². The van der Waals surface area contributed by atoms with Gasteiger partial charge in [-0.1, -0.05) is 25.5 Å². The normalized spacial score (nSPS) is 13.3. The molecule has 0 aliphatic carbocycles. The van der Waals surface area contributed by atoms with Crippen molar-refractivity contribution in [3.63, 3.8) is 0 Å². The van der Waals surface area contributed by atoms with Crippen molar-refractivity contribution in [1.29, 1.82) is 0 Å². The Balaban J connectivity index is 2.68. The molecule has 0 spiro atoms. The van der Waals surface area contributed by atoms with Crippen molar-refractivity contribution in [2.45, 2.75) is 33.6 Å². The maximum Gasteiger partial charge on any atom is 0.232 e. The molecule has 0 aliphatic rings. The van der Waals surface area contributed by atoms with Crippen LogP contribution in [0, 0.1) is 19.8 Å². The van der Waals surface area contributed by atoms with Crippen LogP contribution in [0.4, 0.5) is 0 Å². The molecule has 1 rings (SSSR count). The summed E-state index contributed by atoms with van der Waals surface area (Å²) in [4.78, 5) is 0. The van der Waals surface area contributed by atoms with Gasteiger partial charge in [0.2, 0.25) is 9.05 Å². The molecular formula is C14H21ClO3S. The Labute approximate surface area is 120 Å². The van der Waals surface area contributed by atoms with Gasteiger partial charge in [-0.15, -0.1) is 0 Å². The summed E-state index contributed by atoms with van der Waals surface area (Å²) in [5.41, 5.74) is 2.17. The summed E-state index contributed by atoms with van der Waals surface area (Å²) in [5.74, 6) is 0.716. The minimum absolute atomic E-state index is 0.0345. The predicted octanol–water partition coefficient (Wildman–Crippen LogP) is 3.67. The van der Waals surface area contributed by atoms with E-state index in [0.29, 0.717) is 6.61 Å². The Hall–Kier alpha value is -0.740. The molecule has 0 saturated heterocycles. The van der Waals surface area contributed by atoms with Gasteiger partial charge in [0.1, 0.15) is 5.75 Å². The van der Waals surface area contributed by atoms with Gasteiger partial charge in [-0.25, -0.2) is 8.42 Å². The highest BCUT2D eigenvalue weighted by atomic mass is 35.7. The molecule has 0 radical (unpaired) electrons. The summed E-state index contributed by atoms with van der Waals surface area (Å²) < 4.78 is 28.1. The average molecular weight is 305 g/mol. The molecule has 5 heteroatoms. The van der Waals surface area contributed by atoms with Crippen LogP contribution in [0.3, 0.4) is 0 Å². The Morgan fingerprint density at radius 1 is 1.32 bits per heavy atom. The number of benzene rings is 1. The number of rotatable bonds is 7. The fourth-order valence-electron chi connectivity index (χ4n) is 1.98. The van der Waals surface area contributed by atoms with Crippen molar-refractivity contribution in [3.8, 4) is 5.75 Å². The molecular weight excluding hydrogens is 284 g/mol. The number of ether oxygens (including phenoxy) is 1. The SMILES string of the molecule is CCCC(COc1cc(C)ccc1C)CS(=O)(=O)Cl. The molecule has 0 saturated carbocycles. The zero-order valence-corrected chi connectivity index (χ0v) is 13.2. The molecule has 1 atom stereocenters. The minimum Gasteiger partial charge on any atom is -0.493 e. The average Bonchev–Trinajstić information content (AvgIpc) is 2.28. The Kier molecular flexibility index (Phi) is 6.14. The molecule has 3 nitrogen and oxygen atoms in total. The number of hydrogen-bond acceptors (Lipinski definition) is 3. The van der Waals surface area contributed by atoms with Gasteiger partial charge in [0.05, 0.1) is 12.4 Å². The van der Waals surface area contributed by atoms with E-state index < -0.39 is 9.05 Å². The first-order chi connectivity index (χ1) is 8.81. The van der Waals surface area contributed by atoms with Crippen LogP contribution in [0.5, 0.6) is 5.75 Å². The molecule has 0 bridgehead atoms. The van der Waals surface area contributed by atoms with Crippen LogP contribution >= 0.6 is 10.7 Å². The molecule has 1 aromatic carbocycles. The lowest BCUT2D eigenvalue weighted by atomic mass is 10.1. The monoisotopic (exact) mass is 304 g/mol. The van der Waals surface area contributed by atoms with Gasteiger partial charge in [0.25, 0.3) is 0 Å². The van der Waals surface area contributed by atoms with Crippen LogP contribution < -0.4 is 4.74 Å². The van der Waals surface area contributed by atoms with Crippen LogP contribution in [-0.4, -0.2) is 20.8 Å². The molecule has 108 valence electrons. The fraction of sp³-hybridized carbons (Fsp3) is 0.571. The van der Waals surface area contributed by atoms with Gasteiger partial charge in [-0.2, -0.15) is 0 Å². The van der Waals surface area contributed by atoms with E-state index in [4.69, 9.17) is 15.4 Å². The lowest BCUT2D eigenvalue weighted by Crippen LogP contribution is -2.20. The number of aryl methyl sites for hydroxylation is 2. The maximum absolute atomic E-state index is 11.2. The molecule has 0 N–H and O–H groups in total. The van der Waals surface area contributed by atoms with Gasteiger partial charge >= 0.3 is 0 Å². The lowest BCUT2D eigenvalue weighted by molar-refractivity contribution is 0.251. The highest BCUT2D eigenvalue weighted by molar-refractivity contribution is 8.13. The number of hydrogen-bond donors (Lipinski definition) is 0. The van der Waals surface area contributed by atoms with Gasteiger partial charge < -0.3 is 4.74 Å². The highest BCUT2D eigenvalue weighted by Crippen LogP contribution is 2.21. The molecule has 0 amide bonds. The largest absolute Gasteiger partial charge is 0.493 e. The predicted molar refractivity (Wildman–Crippen MR) is 79.4 cm³/mol. The van der Waals surface area contributed by atoms with Crippen molar-refractivity contribution < 1.29 is 13.2 Å². The van der Waals surface area contributed by atoms with E-state index in [9.17, 15) is 8.42 Å². The lowest BCUT2D eigenvalue weighted by Gasteiger charge is -2.17. The standard InChI is InChI=1S/C14H21ClO3S/c1-4-5-13(10-19(15,16)17)9-18-14-8-11(2)6-7-12(14)3/h6-8,13H,4-5,9-10H2,1-3H3. The van der Waals surface area contributed by atoms with Crippen LogP contribution in [0.2, 0.25) is 0 Å². The Morgan fingerprint density at radius 3 is 2.58 bits per heavy atom. The summed E-state index contributed by atoms with van der Waals surface area (Å²) in [5, 5.41) is 0. The van der Waals surface area contributed by atoms with E-state index in [-0.39, 0.29) is 11.7 Å². The molecule has 1 aromatic rings. The van der Waals surface area contributed by atoms with Crippen molar-refractivity contribution >= 4 is 19.7 Å². The molecule has 19 heavy (non-hydrogen) atoms. The zero-order valence-electron chi connectivity index (χ0n) is 11.6. The second-order valence-electron chi connectivity index (χ2n) is 4.94. The van der Waals surface area contributed by atoms with E-state index in [2.05, 4.69) is 0 Å². The summed E-state index contributed by atoms with van der Waals surface area (Å²) in [6, 6.07) is 5.99. The van der Waals surface area contributed by atoms with E-state index in [1.807, 2.05) is 39.0 Å². The van der Waals surface area contributed by atoms with Crippen LogP contribution in [-0.2, 0) is 9.05 Å². The second-order valence-corrected chi connectivity index (χ2v) is 7.76. The van der Waals surface area contributed by atoms with E-state index in [1.165, 1.54) is 0 Å². The molecule has 0 fully saturated rings. The second kappa shape index (κ2) is 7.15. The van der Waals surface area contributed by atoms with Gasteiger partial charge in [-0.05, 0) is 37.5 Å². The summed E-state index contributed by atoms with van der Waals surface area (Å²) >= 11 is 0. The molecule has 0 aliphatic heterocycles. The van der Waals surface area contributed by atoms with Crippen molar-refractivity contribution in [3.05, 3.63) is 29.3 Å². The minimum atomic E-state index is -3.48. The van der Waals surface area contributed by atoms with Crippen molar-refractivity contribution in [2.75, 3.05) is 12.4 Å². The molecule has 0 heterocycles. The summed E-state index contributed by atoms with van der Waals surface area (Å²) in [7, 11) is 1.84. The first kappa shape index (κ1) is 16.3. The van der Waals surface area contributed by atoms with E-state index >= 15 is 0 Å². The quantitative estimate of drug-likeness (QED) is 0.722. The molecule has 0 aromatic heterocycles. The van der Waals surface area contributed by atoms with Crippen LogP contribution in [0.1, 0.15) is 30.9 Å². The van der Waals surface area contributed by atoms with Crippen molar-refractivity contribution in [1.82, 2.24) is 0 Å². The highest BCUT2D eigenvalue weighted by Gasteiger charge is 2.17. The third-order valence-electron chi connectivity index (χ3n) is 2.95. The van der Waals surface area contributed by atoms with Crippen molar-refractivity contribution in [2.24, 2.45) is 5.92 Å². The van der Waals surface area contributed by atoms with E-state index in [1.54, 1.807) is 0 Å². The van der Waals surface area contributed by atoms with Crippen LogP contribution in [0.15, 0.2) is 18.2 Å². The van der Waals surface area contributed by atoms with E-state index in [0.717, 1.165) is 29.7 Å². The third kappa shape index (κ3) is 6.30. The van der Waals surface area contributed by atoms with Gasteiger partial charge in [0, 0.05) is 16.6 Å². The first-order valence-electron chi connectivity index (χ1n) is 6.44.